The van der Waals surface area contributed by atoms with E-state index in [1.807, 2.05) is 0 Å². The Labute approximate surface area is 180 Å². The Hall–Kier alpha value is -2.42. The van der Waals surface area contributed by atoms with E-state index >= 15 is 0 Å². The number of amides is 1. The van der Waals surface area contributed by atoms with Crippen LogP contribution in [0, 0.1) is 23.3 Å². The van der Waals surface area contributed by atoms with Crippen LogP contribution >= 0.6 is 0 Å². The average Bonchev–Trinajstić information content (AvgIpc) is 3.26. The number of nitrogens with zero attached hydrogens (tertiary/aromatic N) is 3. The van der Waals surface area contributed by atoms with Gasteiger partial charge in [-0.1, -0.05) is 6.42 Å². The highest BCUT2D eigenvalue weighted by molar-refractivity contribution is 7.86. The van der Waals surface area contributed by atoms with E-state index in [2.05, 4.69) is 4.98 Å². The molecule has 1 unspecified atom stereocenters. The molecule has 2 fully saturated rings. The number of aromatic amines is 1. The van der Waals surface area contributed by atoms with Crippen LogP contribution in [0.25, 0.3) is 10.9 Å². The molecule has 32 heavy (non-hydrogen) atoms. The van der Waals surface area contributed by atoms with Crippen molar-refractivity contribution < 1.29 is 36.0 Å². The summed E-state index contributed by atoms with van der Waals surface area (Å²) in [5.41, 5.74) is 1.07. The molecule has 1 aromatic heterocycles. The normalized spacial score (nSPS) is 21.3. The maximum atomic E-state index is 14.3. The van der Waals surface area contributed by atoms with E-state index in [1.54, 1.807) is 4.90 Å². The van der Waals surface area contributed by atoms with E-state index in [4.69, 9.17) is 5.21 Å². The first-order chi connectivity index (χ1) is 15.2. The van der Waals surface area contributed by atoms with Crippen LogP contribution in [0.15, 0.2) is 6.20 Å². The third-order valence-electron chi connectivity index (χ3n) is 5.94. The monoisotopic (exact) mass is 479 g/mol. The molecule has 2 saturated heterocycles. The van der Waals surface area contributed by atoms with Crippen molar-refractivity contribution in [3.8, 4) is 0 Å². The molecule has 0 radical (unpaired) electrons. The molecule has 2 aromatic rings. The lowest BCUT2D eigenvalue weighted by molar-refractivity contribution is -0.134. The average molecular weight is 479 g/mol. The van der Waals surface area contributed by atoms with E-state index in [0.29, 0.717) is 12.8 Å². The number of piperazine rings is 1. The summed E-state index contributed by atoms with van der Waals surface area (Å²) < 4.78 is 84.0. The summed E-state index contributed by atoms with van der Waals surface area (Å²) in [4.78, 5) is 15.9. The lowest BCUT2D eigenvalue weighted by atomic mass is 10.0. The Bertz CT molecular complexity index is 1150. The summed E-state index contributed by atoms with van der Waals surface area (Å²) in [6, 6.07) is -1.03. The van der Waals surface area contributed by atoms with Crippen LogP contribution in [-0.2, 0) is 15.0 Å². The zero-order chi connectivity index (χ0) is 23.2. The number of hydrogen-bond acceptors (Lipinski definition) is 5. The molecule has 4 rings (SSSR count). The Kier molecular flexibility index (Phi) is 6.04. The molecule has 1 atom stereocenters. The van der Waals surface area contributed by atoms with Gasteiger partial charge in [-0.3, -0.25) is 10.0 Å². The fourth-order valence-corrected chi connectivity index (χ4v) is 6.10. The second-order valence-corrected chi connectivity index (χ2v) is 9.55. The third kappa shape index (κ3) is 3.60. The fraction of sp³-hybridized carbons (Fsp3) is 0.500. The van der Waals surface area contributed by atoms with Crippen LogP contribution in [0.5, 0.6) is 0 Å². The lowest BCUT2D eigenvalue weighted by Gasteiger charge is -2.40. The number of hydroxylamine groups is 1. The SMILES string of the molecule is O=C(NO)C1CCCCN1S(=O)(=O)N1CCN(c2c[nH]c3c(F)c(F)c(F)c(F)c23)CC1. The van der Waals surface area contributed by atoms with Crippen molar-refractivity contribution in [1.82, 2.24) is 19.1 Å². The van der Waals surface area contributed by atoms with Crippen LogP contribution in [0.2, 0.25) is 0 Å². The van der Waals surface area contributed by atoms with Crippen molar-refractivity contribution in [3.63, 3.8) is 0 Å². The minimum atomic E-state index is -4.03. The zero-order valence-electron chi connectivity index (χ0n) is 16.7. The molecule has 1 aromatic carbocycles. The Morgan fingerprint density at radius 1 is 1.00 bits per heavy atom. The van der Waals surface area contributed by atoms with Gasteiger partial charge in [0, 0.05) is 38.9 Å². The molecule has 9 nitrogen and oxygen atoms in total. The number of carbonyl (C=O) groups is 1. The van der Waals surface area contributed by atoms with Crippen molar-refractivity contribution in [2.75, 3.05) is 37.6 Å². The molecule has 176 valence electrons. The molecule has 1 amide bonds. The van der Waals surface area contributed by atoms with Crippen LogP contribution in [-0.4, -0.2) is 71.9 Å². The number of benzene rings is 1. The predicted molar refractivity (Wildman–Crippen MR) is 105 cm³/mol. The van der Waals surface area contributed by atoms with Crippen molar-refractivity contribution in [1.29, 1.82) is 0 Å². The molecule has 0 saturated carbocycles. The van der Waals surface area contributed by atoms with Gasteiger partial charge in [0.1, 0.15) is 6.04 Å². The van der Waals surface area contributed by atoms with E-state index in [1.165, 1.54) is 16.0 Å². The van der Waals surface area contributed by atoms with Crippen LogP contribution in [0.3, 0.4) is 0 Å². The number of nitrogens with one attached hydrogen (secondary N) is 2. The van der Waals surface area contributed by atoms with Gasteiger partial charge in [-0.05, 0) is 12.8 Å². The minimum absolute atomic E-state index is 0.0350. The molecule has 0 aliphatic carbocycles. The lowest BCUT2D eigenvalue weighted by Crippen LogP contribution is -2.58. The molecular weight excluding hydrogens is 458 g/mol. The highest BCUT2D eigenvalue weighted by atomic mass is 32.2. The summed E-state index contributed by atoms with van der Waals surface area (Å²) in [5, 5.41) is 8.48. The van der Waals surface area contributed by atoms with Gasteiger partial charge >= 0.3 is 0 Å². The molecule has 14 heteroatoms. The summed E-state index contributed by atoms with van der Waals surface area (Å²) in [5.74, 6) is -7.71. The molecule has 3 N–H and O–H groups in total. The van der Waals surface area contributed by atoms with Gasteiger partial charge in [-0.15, -0.1) is 0 Å². The summed E-state index contributed by atoms with van der Waals surface area (Å²) >= 11 is 0. The van der Waals surface area contributed by atoms with Gasteiger partial charge in [0.05, 0.1) is 16.6 Å². The number of halogens is 4. The molecular formula is C18H21F4N5O4S. The summed E-state index contributed by atoms with van der Waals surface area (Å²) in [6.07, 6.45) is 2.69. The van der Waals surface area contributed by atoms with Crippen molar-refractivity contribution in [2.24, 2.45) is 0 Å². The molecule has 3 heterocycles. The number of piperidine rings is 1. The molecule has 0 spiro atoms. The van der Waals surface area contributed by atoms with E-state index in [9.17, 15) is 30.8 Å². The van der Waals surface area contributed by atoms with Crippen molar-refractivity contribution >= 4 is 32.7 Å². The Morgan fingerprint density at radius 3 is 2.31 bits per heavy atom. The summed E-state index contributed by atoms with van der Waals surface area (Å²) in [6.45, 7) is 0.186. The largest absolute Gasteiger partial charge is 0.367 e. The van der Waals surface area contributed by atoms with Gasteiger partial charge in [0.2, 0.25) is 0 Å². The fourth-order valence-electron chi connectivity index (χ4n) is 4.30. The van der Waals surface area contributed by atoms with E-state index in [0.717, 1.165) is 4.31 Å². The predicted octanol–water partition coefficient (Wildman–Crippen LogP) is 1.45. The Morgan fingerprint density at radius 2 is 1.66 bits per heavy atom. The van der Waals surface area contributed by atoms with Crippen molar-refractivity contribution in [2.45, 2.75) is 25.3 Å². The highest BCUT2D eigenvalue weighted by Crippen LogP contribution is 2.34. The van der Waals surface area contributed by atoms with Crippen LogP contribution in [0.4, 0.5) is 23.2 Å². The number of fused-ring (bicyclic) bond motifs is 1. The molecule has 2 aliphatic rings. The van der Waals surface area contributed by atoms with Crippen molar-refractivity contribution in [3.05, 3.63) is 29.5 Å². The second kappa shape index (κ2) is 8.50. The van der Waals surface area contributed by atoms with E-state index < -0.39 is 56.3 Å². The van der Waals surface area contributed by atoms with Gasteiger partial charge in [0.25, 0.3) is 16.1 Å². The van der Waals surface area contributed by atoms with E-state index in [-0.39, 0.29) is 44.8 Å². The highest BCUT2D eigenvalue weighted by Gasteiger charge is 2.41. The number of hydrogen-bond donors (Lipinski definition) is 3. The summed E-state index contributed by atoms with van der Waals surface area (Å²) in [7, 11) is -4.03. The first kappa shape index (κ1) is 22.8. The van der Waals surface area contributed by atoms with Crippen LogP contribution in [0.1, 0.15) is 19.3 Å². The Balaban J connectivity index is 1.55. The maximum absolute atomic E-state index is 14.3. The minimum Gasteiger partial charge on any atom is -0.367 e. The molecule has 0 bridgehead atoms. The number of H-pyrrole nitrogens is 1. The maximum Gasteiger partial charge on any atom is 0.282 e. The standard InChI is InChI=1S/C18H21F4N5O4S/c19-13-12-11(9-23-17(12)16(22)15(21)14(13)20)25-5-7-26(8-6-25)32(30,31)27-4-2-1-3-10(27)18(28)24-29/h9-10,23,29H,1-8H2,(H,24,28). The smallest absolute Gasteiger partial charge is 0.282 e. The number of rotatable bonds is 4. The number of anilines is 1. The molecule has 2 aliphatic heterocycles. The first-order valence-corrected chi connectivity index (χ1v) is 11.4. The quantitative estimate of drug-likeness (QED) is 0.202. The second-order valence-electron chi connectivity index (χ2n) is 7.67. The van der Waals surface area contributed by atoms with Gasteiger partial charge in [-0.2, -0.15) is 17.0 Å². The topological polar surface area (TPSA) is 109 Å². The van der Waals surface area contributed by atoms with Gasteiger partial charge in [0.15, 0.2) is 23.3 Å². The van der Waals surface area contributed by atoms with Gasteiger partial charge in [-0.25, -0.2) is 23.0 Å². The van der Waals surface area contributed by atoms with Crippen LogP contribution < -0.4 is 10.4 Å². The number of carbonyl (C=O) groups excluding carboxylic acids is 1. The first-order valence-electron chi connectivity index (χ1n) is 9.97. The van der Waals surface area contributed by atoms with Gasteiger partial charge < -0.3 is 9.88 Å². The zero-order valence-corrected chi connectivity index (χ0v) is 17.6. The number of aromatic nitrogens is 1. The third-order valence-corrected chi connectivity index (χ3v) is 7.99.